The van der Waals surface area contributed by atoms with Crippen molar-refractivity contribution in [3.63, 3.8) is 0 Å². The van der Waals surface area contributed by atoms with Gasteiger partial charge in [0.15, 0.2) is 37.6 Å². The molecule has 96 heavy (non-hydrogen) atoms. The maximum absolute atomic E-state index is 15.9. The van der Waals surface area contributed by atoms with Gasteiger partial charge in [-0.25, -0.2) is 0 Å². The third kappa shape index (κ3) is 12.4. The van der Waals surface area contributed by atoms with Crippen LogP contribution in [0.15, 0.2) is 11.6 Å². The van der Waals surface area contributed by atoms with Gasteiger partial charge in [-0.2, -0.15) is 0 Å². The molecule has 5 aliphatic carbocycles. The van der Waals surface area contributed by atoms with Gasteiger partial charge in [0.2, 0.25) is 6.29 Å². The number of ether oxygens (including phenoxy) is 12. The summed E-state index contributed by atoms with van der Waals surface area (Å²) in [6, 6.07) is 0. The van der Waals surface area contributed by atoms with E-state index < -0.39 is 262 Å². The highest BCUT2D eigenvalue weighted by Crippen LogP contribution is 2.76. The molecule has 11 rings (SSSR count). The fourth-order valence-corrected chi connectivity index (χ4v) is 18.9. The molecule has 6 saturated heterocycles. The molecule has 550 valence electrons. The molecule has 0 amide bonds. The molecule has 18 N–H and O–H groups in total. The zero-order valence-electron chi connectivity index (χ0n) is 54.9. The van der Waals surface area contributed by atoms with E-state index in [1.807, 2.05) is 0 Å². The lowest BCUT2D eigenvalue weighted by Gasteiger charge is -2.71. The molecular formula is C64H102O32. The third-order valence-electron chi connectivity index (χ3n) is 24.9. The van der Waals surface area contributed by atoms with Crippen LogP contribution in [-0.2, 0) is 66.4 Å². The monoisotopic (exact) mass is 1380 g/mol. The average molecular weight is 1380 g/mol. The molecule has 6 heterocycles. The second-order valence-electron chi connectivity index (χ2n) is 30.9. The van der Waals surface area contributed by atoms with E-state index in [-0.39, 0.29) is 24.2 Å². The first kappa shape index (κ1) is 74.9. The topological polar surface area (TPSA) is 509 Å². The van der Waals surface area contributed by atoms with Crippen molar-refractivity contribution in [1.29, 1.82) is 0 Å². The van der Waals surface area contributed by atoms with E-state index in [4.69, 9.17) is 56.8 Å². The lowest BCUT2D eigenvalue weighted by atomic mass is 9.33. The van der Waals surface area contributed by atoms with Crippen molar-refractivity contribution < 1.29 is 158 Å². The van der Waals surface area contributed by atoms with Crippen LogP contribution >= 0.6 is 0 Å². The molecule has 37 atom stereocenters. The number of hydrogen-bond acceptors (Lipinski definition) is 32. The summed E-state index contributed by atoms with van der Waals surface area (Å²) in [5.74, 6) is -1.95. The van der Waals surface area contributed by atoms with E-state index in [0.717, 1.165) is 11.9 Å². The molecule has 0 spiro atoms. The molecule has 0 aromatic rings. The van der Waals surface area contributed by atoms with Crippen LogP contribution in [0.2, 0.25) is 0 Å². The van der Waals surface area contributed by atoms with Gasteiger partial charge in [0.25, 0.3) is 0 Å². The van der Waals surface area contributed by atoms with Crippen molar-refractivity contribution in [3.05, 3.63) is 11.6 Å². The third-order valence-corrected chi connectivity index (χ3v) is 24.9. The van der Waals surface area contributed by atoms with Crippen LogP contribution in [0.3, 0.4) is 0 Å². The Kier molecular flexibility index (Phi) is 21.6. The minimum absolute atomic E-state index is 0.0794. The zero-order valence-corrected chi connectivity index (χ0v) is 54.9. The quantitative estimate of drug-likeness (QED) is 0.0279. The Morgan fingerprint density at radius 2 is 1.11 bits per heavy atom. The maximum Gasteiger partial charge on any atom is 0.315 e. The molecule has 6 aliphatic heterocycles. The number of aliphatic hydroxyl groups excluding tert-OH is 17. The van der Waals surface area contributed by atoms with Crippen LogP contribution in [0.5, 0.6) is 0 Å². The van der Waals surface area contributed by atoms with E-state index >= 15 is 4.79 Å². The molecule has 0 bridgehead atoms. The van der Waals surface area contributed by atoms with Crippen molar-refractivity contribution in [2.75, 3.05) is 39.6 Å². The standard InChI is InChI=1S/C64H102O32/c1-25-45(91-51-42(79)35(72)29(71)21-85-51)41(78)44(81)52(87-25)94-48-46(92-56-49(82)64(84,23-69)24-86-56)38(75)32(20-67)90-55(48)96-57(83)63-14-12-58(2,3)16-27(63)26-8-9-34-59(4)17-28(70)50(60(5,22-68)33(59)10-11-62(34,7)61(26,6)13-15-63)95-54-47(40(77)37(74)31(19-66)89-54)93-53-43(80)39(76)36(73)30(18-65)88-53/h8,22,25,27-56,65-67,69-82,84H,9-21,23-24H2,1-7H3/t25-,27-,28-,29+,30+,31+,32+,33+,34+,35-,36+,37+,38+,39-,40-,41-,42+,43+,44+,45-,46-,47+,48+,49-,50-,51-,52-,53-,54-,55-,56-,59-,60-,61+,62+,63-,64+/m0/s1. The molecule has 0 unspecified atom stereocenters. The highest BCUT2D eigenvalue weighted by atomic mass is 16.8. The molecule has 10 fully saturated rings. The van der Waals surface area contributed by atoms with Gasteiger partial charge in [0, 0.05) is 0 Å². The number of aliphatic hydroxyl groups is 18. The van der Waals surface area contributed by atoms with Crippen molar-refractivity contribution in [2.45, 2.75) is 284 Å². The first-order valence-corrected chi connectivity index (χ1v) is 33.6. The van der Waals surface area contributed by atoms with E-state index in [1.165, 1.54) is 6.92 Å². The lowest BCUT2D eigenvalue weighted by molar-refractivity contribution is -0.384. The first-order chi connectivity index (χ1) is 45.1. The van der Waals surface area contributed by atoms with Crippen LogP contribution in [0.1, 0.15) is 106 Å². The van der Waals surface area contributed by atoms with E-state index in [0.29, 0.717) is 44.9 Å². The number of esters is 1. The second-order valence-corrected chi connectivity index (χ2v) is 30.9. The minimum Gasteiger partial charge on any atom is -0.432 e. The number of carbonyl (C=O) groups is 2. The molecule has 32 heteroatoms. The van der Waals surface area contributed by atoms with Crippen LogP contribution in [-0.4, -0.2) is 321 Å². The van der Waals surface area contributed by atoms with Crippen molar-refractivity contribution in [1.82, 2.24) is 0 Å². The lowest BCUT2D eigenvalue weighted by Crippen LogP contribution is -2.70. The van der Waals surface area contributed by atoms with Gasteiger partial charge >= 0.3 is 5.97 Å². The van der Waals surface area contributed by atoms with Crippen LogP contribution < -0.4 is 0 Å². The van der Waals surface area contributed by atoms with Gasteiger partial charge in [-0.15, -0.1) is 0 Å². The second kappa shape index (κ2) is 27.7. The normalized spacial score (nSPS) is 55.0. The Morgan fingerprint density at radius 1 is 0.552 bits per heavy atom. The number of hydrogen-bond donors (Lipinski definition) is 18. The summed E-state index contributed by atoms with van der Waals surface area (Å²) >= 11 is 0. The number of fused-ring (bicyclic) bond motifs is 7. The van der Waals surface area contributed by atoms with Gasteiger partial charge in [0.1, 0.15) is 122 Å². The number of aldehydes is 1. The molecular weight excluding hydrogens is 1280 g/mol. The summed E-state index contributed by atoms with van der Waals surface area (Å²) in [5, 5.41) is 197. The summed E-state index contributed by atoms with van der Waals surface area (Å²) in [6.45, 7) is 9.18. The SMILES string of the molecule is C[C@@H]1O[C@@H](O[C@H]2[C@H](OC(=O)[C@]34CCC(C)(C)C[C@H]3C3=CC[C@@H]5[C@@]6(C)C[C@H](O)[C@H](O[C@@H]7O[C@H](CO)[C@@H](O)[C@H](O)[C@H]7O[C@@H]7O[C@H](CO)[C@@H](O)[C@H](O)[C@H]7O)[C@@](C)(C=O)[C@@H]6CC[C@@]5(C)[C@]3(C)CC4)O[C@H](CO)[C@@H](O)[C@@H]2O[C@@H]2OC[C@](O)(CO)[C@H]2O)[C@H](O)[C@H](O)[C@H]1O[C@@H]1OC[C@@H](O)[C@H](O)[C@H]1O. The average Bonchev–Trinajstić information content (AvgIpc) is 0.707. The van der Waals surface area contributed by atoms with Gasteiger partial charge < -0.3 is 154 Å². The van der Waals surface area contributed by atoms with Crippen LogP contribution in [0, 0.1) is 50.2 Å². The fourth-order valence-electron chi connectivity index (χ4n) is 18.9. The molecule has 0 aromatic heterocycles. The molecule has 11 aliphatic rings. The summed E-state index contributed by atoms with van der Waals surface area (Å²) in [6.07, 6.45) is -42.0. The van der Waals surface area contributed by atoms with Gasteiger partial charge in [-0.05, 0) is 104 Å². The summed E-state index contributed by atoms with van der Waals surface area (Å²) in [5.41, 5.74) is -6.36. The Morgan fingerprint density at radius 3 is 1.76 bits per heavy atom. The maximum atomic E-state index is 15.9. The predicted molar refractivity (Wildman–Crippen MR) is 316 cm³/mol. The zero-order chi connectivity index (χ0) is 70.1. The summed E-state index contributed by atoms with van der Waals surface area (Å²) in [7, 11) is 0. The van der Waals surface area contributed by atoms with Gasteiger partial charge in [0.05, 0.1) is 68.8 Å². The fraction of sp³-hybridized carbons (Fsp3) is 0.938. The smallest absolute Gasteiger partial charge is 0.315 e. The largest absolute Gasteiger partial charge is 0.432 e. The van der Waals surface area contributed by atoms with Crippen molar-refractivity contribution >= 4 is 12.3 Å². The van der Waals surface area contributed by atoms with Crippen molar-refractivity contribution in [2.24, 2.45) is 50.2 Å². The van der Waals surface area contributed by atoms with Crippen molar-refractivity contribution in [3.8, 4) is 0 Å². The Hall–Kier alpha value is -2.28. The van der Waals surface area contributed by atoms with Crippen LogP contribution in [0.4, 0.5) is 0 Å². The highest BCUT2D eigenvalue weighted by Gasteiger charge is 2.72. The van der Waals surface area contributed by atoms with E-state index in [1.54, 1.807) is 6.92 Å². The summed E-state index contributed by atoms with van der Waals surface area (Å²) in [4.78, 5) is 30.0. The molecule has 0 radical (unpaired) electrons. The molecule has 0 aromatic carbocycles. The molecule has 4 saturated carbocycles. The van der Waals surface area contributed by atoms with E-state index in [2.05, 4.69) is 40.7 Å². The first-order valence-electron chi connectivity index (χ1n) is 33.6. The van der Waals surface area contributed by atoms with Gasteiger partial charge in [-0.1, -0.05) is 53.2 Å². The number of allylic oxidation sites excluding steroid dienone is 2. The summed E-state index contributed by atoms with van der Waals surface area (Å²) < 4.78 is 72.4. The van der Waals surface area contributed by atoms with Crippen LogP contribution in [0.25, 0.3) is 0 Å². The van der Waals surface area contributed by atoms with E-state index in [9.17, 15) is 96.7 Å². The Balaban J connectivity index is 0.874. The highest BCUT2D eigenvalue weighted by molar-refractivity contribution is 5.79. The molecule has 32 nitrogen and oxygen atoms in total. The van der Waals surface area contributed by atoms with Gasteiger partial charge in [-0.3, -0.25) is 4.79 Å². The Labute approximate surface area is 554 Å². The number of rotatable bonds is 17. The Bertz CT molecular complexity index is 2750. The predicted octanol–water partition coefficient (Wildman–Crippen LogP) is -5.93. The minimum atomic E-state index is -2.24. The number of carbonyl (C=O) groups excluding carboxylic acids is 2.